The quantitative estimate of drug-likeness (QED) is 0.629. The van der Waals surface area contributed by atoms with Gasteiger partial charge in [0, 0.05) is 23.7 Å². The van der Waals surface area contributed by atoms with E-state index in [1.54, 1.807) is 23.1 Å². The molecule has 7 nitrogen and oxygen atoms in total. The summed E-state index contributed by atoms with van der Waals surface area (Å²) in [6.45, 7) is 2.06. The van der Waals surface area contributed by atoms with E-state index in [0.29, 0.717) is 17.0 Å². The molecule has 1 aliphatic heterocycles. The molecule has 164 valence electrons. The van der Waals surface area contributed by atoms with E-state index in [1.807, 2.05) is 12.4 Å². The Balaban J connectivity index is 1.49. The Labute approximate surface area is 189 Å². The van der Waals surface area contributed by atoms with Crippen molar-refractivity contribution >= 4 is 23.5 Å². The molecule has 3 aromatic rings. The van der Waals surface area contributed by atoms with Crippen LogP contribution in [-0.4, -0.2) is 35.8 Å². The van der Waals surface area contributed by atoms with Crippen molar-refractivity contribution in [3.8, 4) is 6.07 Å². The summed E-state index contributed by atoms with van der Waals surface area (Å²) in [6, 6.07) is 5.46. The summed E-state index contributed by atoms with van der Waals surface area (Å²) >= 11 is 1.31. The molecule has 9 heteroatoms. The minimum atomic E-state index is -0.373. The molecule has 32 heavy (non-hydrogen) atoms. The molecular formula is C23H23FN6OS. The van der Waals surface area contributed by atoms with E-state index in [0.717, 1.165) is 48.2 Å². The van der Waals surface area contributed by atoms with Gasteiger partial charge in [-0.15, -0.1) is 0 Å². The molecule has 1 saturated carbocycles. The van der Waals surface area contributed by atoms with E-state index in [-0.39, 0.29) is 23.2 Å². The number of allylic oxidation sites excluding steroid dienone is 1. The second-order valence-corrected chi connectivity index (χ2v) is 9.50. The average Bonchev–Trinajstić information content (AvgIpc) is 3.39. The number of pyridine rings is 1. The summed E-state index contributed by atoms with van der Waals surface area (Å²) in [4.78, 5) is 4.19. The van der Waals surface area contributed by atoms with E-state index in [1.165, 1.54) is 17.8 Å². The average molecular weight is 451 g/mol. The summed E-state index contributed by atoms with van der Waals surface area (Å²) in [5.74, 6) is -0.373. The monoisotopic (exact) mass is 450 g/mol. The Bertz CT molecular complexity index is 1220. The normalized spacial score (nSPS) is 22.8. The van der Waals surface area contributed by atoms with Gasteiger partial charge in [-0.1, -0.05) is 11.8 Å². The van der Waals surface area contributed by atoms with E-state index >= 15 is 0 Å². The maximum Gasteiger partial charge on any atom is 0.155 e. The molecule has 1 aliphatic carbocycles. The van der Waals surface area contributed by atoms with Crippen molar-refractivity contribution < 1.29 is 9.50 Å². The summed E-state index contributed by atoms with van der Waals surface area (Å²) in [7, 11) is 0. The van der Waals surface area contributed by atoms with Crippen LogP contribution in [0.15, 0.2) is 35.7 Å². The Morgan fingerprint density at radius 1 is 1.22 bits per heavy atom. The molecule has 1 atom stereocenters. The van der Waals surface area contributed by atoms with Crippen molar-refractivity contribution in [1.29, 1.82) is 5.26 Å². The van der Waals surface area contributed by atoms with Gasteiger partial charge < -0.3 is 5.11 Å². The van der Waals surface area contributed by atoms with Crippen molar-refractivity contribution in [3.63, 3.8) is 0 Å². The molecule has 2 aliphatic rings. The van der Waals surface area contributed by atoms with Crippen molar-refractivity contribution in [3.05, 3.63) is 59.1 Å². The molecule has 1 unspecified atom stereocenters. The van der Waals surface area contributed by atoms with Gasteiger partial charge in [-0.25, -0.2) is 14.1 Å². The Morgan fingerprint density at radius 3 is 2.78 bits per heavy atom. The number of hydrogen-bond donors (Lipinski definition) is 1. The number of nitrogens with zero attached hydrogens (tertiary/aromatic N) is 6. The summed E-state index contributed by atoms with van der Waals surface area (Å²) < 4.78 is 18.1. The van der Waals surface area contributed by atoms with E-state index in [9.17, 15) is 14.8 Å². The van der Waals surface area contributed by atoms with Gasteiger partial charge in [0.1, 0.15) is 11.1 Å². The van der Waals surface area contributed by atoms with Gasteiger partial charge in [-0.2, -0.15) is 15.5 Å². The Kier molecular flexibility index (Phi) is 5.57. The minimum absolute atomic E-state index is 0.205. The summed E-state index contributed by atoms with van der Waals surface area (Å²) in [6.07, 6.45) is 10.8. The minimum Gasteiger partial charge on any atom is -0.393 e. The van der Waals surface area contributed by atoms with Gasteiger partial charge in [0.05, 0.1) is 41.0 Å². The Morgan fingerprint density at radius 2 is 2.03 bits per heavy atom. The van der Waals surface area contributed by atoms with Crippen LogP contribution in [0.3, 0.4) is 0 Å². The molecule has 1 fully saturated rings. The molecular weight excluding hydrogens is 427 g/mol. The number of thioether (sulfide) groups is 1. The van der Waals surface area contributed by atoms with Crippen LogP contribution in [0.1, 0.15) is 65.9 Å². The molecule has 0 amide bonds. The van der Waals surface area contributed by atoms with Crippen LogP contribution in [0.25, 0.3) is 11.8 Å². The fourth-order valence-electron chi connectivity index (χ4n) is 4.66. The first kappa shape index (κ1) is 20.9. The predicted molar refractivity (Wildman–Crippen MR) is 119 cm³/mol. The lowest BCUT2D eigenvalue weighted by molar-refractivity contribution is 0.107. The van der Waals surface area contributed by atoms with Gasteiger partial charge in [-0.05, 0) is 56.7 Å². The van der Waals surface area contributed by atoms with Gasteiger partial charge in [0.25, 0.3) is 0 Å². The highest BCUT2D eigenvalue weighted by molar-refractivity contribution is 7.99. The third-order valence-corrected chi connectivity index (χ3v) is 7.52. The number of hydrogen-bond acceptors (Lipinski definition) is 6. The fraction of sp³-hybridized carbons (Fsp3) is 0.391. The zero-order chi connectivity index (χ0) is 22.2. The van der Waals surface area contributed by atoms with Gasteiger partial charge in [0.15, 0.2) is 5.82 Å². The topological polar surface area (TPSA) is 92.5 Å². The third-order valence-electron chi connectivity index (χ3n) is 6.32. The van der Waals surface area contributed by atoms with Gasteiger partial charge >= 0.3 is 0 Å². The maximum atomic E-state index is 14.3. The number of aliphatic hydroxyl groups is 1. The van der Waals surface area contributed by atoms with Gasteiger partial charge in [0.2, 0.25) is 0 Å². The van der Waals surface area contributed by atoms with Crippen LogP contribution in [0.5, 0.6) is 0 Å². The second kappa shape index (κ2) is 8.52. The molecule has 0 spiro atoms. The number of fused-ring (bicyclic) bond motifs is 1. The largest absolute Gasteiger partial charge is 0.393 e. The van der Waals surface area contributed by atoms with E-state index < -0.39 is 0 Å². The summed E-state index contributed by atoms with van der Waals surface area (Å²) in [5.41, 5.74) is 4.39. The van der Waals surface area contributed by atoms with Crippen molar-refractivity contribution in [1.82, 2.24) is 24.5 Å². The number of aromatic nitrogens is 5. The molecule has 0 bridgehead atoms. The number of halogens is 1. The molecule has 1 N–H and O–H groups in total. The molecule has 5 rings (SSSR count). The Hall–Kier alpha value is -2.96. The smallest absolute Gasteiger partial charge is 0.155 e. The molecule has 0 saturated heterocycles. The highest BCUT2D eigenvalue weighted by Crippen LogP contribution is 2.46. The van der Waals surface area contributed by atoms with Crippen molar-refractivity contribution in [2.45, 2.75) is 61.4 Å². The van der Waals surface area contributed by atoms with Crippen LogP contribution in [-0.2, 0) is 0 Å². The predicted octanol–water partition coefficient (Wildman–Crippen LogP) is 4.51. The molecule has 3 aromatic heterocycles. The maximum absolute atomic E-state index is 14.3. The first-order valence-corrected chi connectivity index (χ1v) is 11.6. The zero-order valence-electron chi connectivity index (χ0n) is 17.6. The van der Waals surface area contributed by atoms with E-state index in [4.69, 9.17) is 0 Å². The number of nitriles is 1. The number of aliphatic hydroxyl groups excluding tert-OH is 1. The third kappa shape index (κ3) is 3.74. The van der Waals surface area contributed by atoms with Crippen molar-refractivity contribution in [2.75, 3.05) is 0 Å². The lowest BCUT2D eigenvalue weighted by Crippen LogP contribution is -2.22. The first-order chi connectivity index (χ1) is 15.5. The van der Waals surface area contributed by atoms with Gasteiger partial charge in [-0.3, -0.25) is 4.68 Å². The molecule has 0 aromatic carbocycles. The van der Waals surface area contributed by atoms with E-state index in [2.05, 4.69) is 32.9 Å². The van der Waals surface area contributed by atoms with Crippen LogP contribution in [0.4, 0.5) is 4.39 Å². The molecule has 0 radical (unpaired) electrons. The summed E-state index contributed by atoms with van der Waals surface area (Å²) in [5, 5.41) is 28.6. The lowest BCUT2D eigenvalue weighted by Gasteiger charge is -2.27. The SMILES string of the molecule is Cc1c(C2=Cn3ncc(C#N)c3C(Sc3ncccc3F)C2)cnn1C1CCC(O)CC1. The number of rotatable bonds is 4. The fourth-order valence-corrected chi connectivity index (χ4v) is 5.84. The van der Waals surface area contributed by atoms with Crippen LogP contribution >= 0.6 is 11.8 Å². The second-order valence-electron chi connectivity index (χ2n) is 8.31. The van der Waals surface area contributed by atoms with Crippen LogP contribution in [0.2, 0.25) is 0 Å². The lowest BCUT2D eigenvalue weighted by atomic mass is 9.92. The highest BCUT2D eigenvalue weighted by atomic mass is 32.2. The standard InChI is InChI=1S/C23H23FN6OS/c1-14-19(12-28-30(14)17-4-6-18(31)7-5-17)15-9-21(32-23-20(24)3-2-8-26-23)22-16(10-25)11-27-29(22)13-15/h2-3,8,11-13,17-18,21,31H,4-7,9H2,1H3. The van der Waals surface area contributed by atoms with Crippen molar-refractivity contribution in [2.24, 2.45) is 0 Å². The van der Waals surface area contributed by atoms with Crippen LogP contribution < -0.4 is 0 Å². The highest BCUT2D eigenvalue weighted by Gasteiger charge is 2.31. The molecule has 4 heterocycles. The zero-order valence-corrected chi connectivity index (χ0v) is 18.5. The first-order valence-electron chi connectivity index (χ1n) is 10.7. The van der Waals surface area contributed by atoms with Crippen LogP contribution in [0, 0.1) is 24.1 Å².